The largest absolute Gasteiger partial charge is 0.198 e. The molecule has 92 valence electrons. The van der Waals surface area contributed by atoms with E-state index in [9.17, 15) is 0 Å². The zero-order valence-electron chi connectivity index (χ0n) is 11.4. The maximum atomic E-state index is 9.00. The molecule has 2 atom stereocenters. The molecule has 1 rings (SSSR count). The van der Waals surface area contributed by atoms with Gasteiger partial charge in [-0.3, -0.25) is 0 Å². The standard InChI is InChI=1S/C15H27N/c1-5-12(3)15(13(4)6-2)9-7-14(11-16)8-10-15/h12-14H,5-10H2,1-4H3. The van der Waals surface area contributed by atoms with Crippen LogP contribution in [0, 0.1) is 34.5 Å². The molecule has 0 spiro atoms. The van der Waals surface area contributed by atoms with E-state index in [1.807, 2.05) is 0 Å². The number of nitriles is 1. The Bertz CT molecular complexity index is 231. The molecule has 0 aromatic rings. The fourth-order valence-corrected chi connectivity index (χ4v) is 3.57. The zero-order chi connectivity index (χ0) is 12.2. The highest BCUT2D eigenvalue weighted by molar-refractivity contribution is 4.96. The first-order chi connectivity index (χ1) is 7.60. The van der Waals surface area contributed by atoms with Crippen LogP contribution in [0.4, 0.5) is 0 Å². The van der Waals surface area contributed by atoms with E-state index in [1.165, 1.54) is 25.7 Å². The van der Waals surface area contributed by atoms with Crippen LogP contribution in [-0.2, 0) is 0 Å². The van der Waals surface area contributed by atoms with Crippen molar-refractivity contribution in [2.75, 3.05) is 0 Å². The third-order valence-electron chi connectivity index (χ3n) is 5.29. The van der Waals surface area contributed by atoms with Crippen molar-refractivity contribution in [3.8, 4) is 6.07 Å². The first-order valence-corrected chi connectivity index (χ1v) is 7.00. The van der Waals surface area contributed by atoms with Crippen LogP contribution < -0.4 is 0 Å². The third-order valence-corrected chi connectivity index (χ3v) is 5.29. The molecule has 0 bridgehead atoms. The molecule has 0 amide bonds. The second kappa shape index (κ2) is 5.71. The van der Waals surface area contributed by atoms with Crippen LogP contribution in [0.5, 0.6) is 0 Å². The van der Waals surface area contributed by atoms with Gasteiger partial charge in [0.05, 0.1) is 6.07 Å². The molecule has 0 aromatic heterocycles. The minimum Gasteiger partial charge on any atom is -0.198 e. The summed E-state index contributed by atoms with van der Waals surface area (Å²) < 4.78 is 0. The first kappa shape index (κ1) is 13.6. The molecular weight excluding hydrogens is 194 g/mol. The Kier molecular flexibility index (Phi) is 4.84. The normalized spacial score (nSPS) is 34.1. The van der Waals surface area contributed by atoms with Crippen LogP contribution in [0.2, 0.25) is 0 Å². The Labute approximate surface area is 101 Å². The summed E-state index contributed by atoms with van der Waals surface area (Å²) in [5.74, 6) is 1.95. The van der Waals surface area contributed by atoms with Gasteiger partial charge in [0.25, 0.3) is 0 Å². The second-order valence-electron chi connectivity index (χ2n) is 5.76. The smallest absolute Gasteiger partial charge is 0.0655 e. The summed E-state index contributed by atoms with van der Waals surface area (Å²) in [5, 5.41) is 9.00. The van der Waals surface area contributed by atoms with Gasteiger partial charge in [-0.05, 0) is 42.9 Å². The fraction of sp³-hybridized carbons (Fsp3) is 0.933. The highest BCUT2D eigenvalue weighted by Gasteiger charge is 2.42. The molecule has 1 aliphatic carbocycles. The monoisotopic (exact) mass is 221 g/mol. The molecule has 0 saturated heterocycles. The highest BCUT2D eigenvalue weighted by atomic mass is 14.5. The lowest BCUT2D eigenvalue weighted by molar-refractivity contribution is 0.0267. The predicted octanol–water partition coefficient (Wildman–Crippen LogP) is 4.78. The molecule has 2 unspecified atom stereocenters. The second-order valence-corrected chi connectivity index (χ2v) is 5.76. The average Bonchev–Trinajstić information content (AvgIpc) is 2.36. The minimum absolute atomic E-state index is 0.334. The van der Waals surface area contributed by atoms with E-state index in [2.05, 4.69) is 33.8 Å². The molecule has 1 aliphatic rings. The summed E-state index contributed by atoms with van der Waals surface area (Å²) in [6.45, 7) is 9.45. The molecule has 1 fully saturated rings. The summed E-state index contributed by atoms with van der Waals surface area (Å²) in [5.41, 5.74) is 0.525. The van der Waals surface area contributed by atoms with Gasteiger partial charge in [-0.2, -0.15) is 5.26 Å². The Morgan fingerprint density at radius 2 is 1.56 bits per heavy atom. The fourth-order valence-electron chi connectivity index (χ4n) is 3.57. The molecule has 0 radical (unpaired) electrons. The average molecular weight is 221 g/mol. The topological polar surface area (TPSA) is 23.8 Å². The molecule has 0 aliphatic heterocycles. The van der Waals surface area contributed by atoms with Gasteiger partial charge in [0.15, 0.2) is 0 Å². The molecule has 0 aromatic carbocycles. The van der Waals surface area contributed by atoms with Crippen LogP contribution in [0.3, 0.4) is 0 Å². The van der Waals surface area contributed by atoms with E-state index in [0.29, 0.717) is 11.3 Å². The van der Waals surface area contributed by atoms with Gasteiger partial charge in [0.2, 0.25) is 0 Å². The lowest BCUT2D eigenvalue weighted by Crippen LogP contribution is -2.38. The van der Waals surface area contributed by atoms with Crippen molar-refractivity contribution in [3.63, 3.8) is 0 Å². The Morgan fingerprint density at radius 1 is 1.12 bits per heavy atom. The number of hydrogen-bond donors (Lipinski definition) is 0. The summed E-state index contributed by atoms with van der Waals surface area (Å²) in [6.07, 6.45) is 7.37. The van der Waals surface area contributed by atoms with Gasteiger partial charge < -0.3 is 0 Å². The summed E-state index contributed by atoms with van der Waals surface area (Å²) in [6, 6.07) is 2.46. The van der Waals surface area contributed by atoms with E-state index in [0.717, 1.165) is 24.7 Å². The van der Waals surface area contributed by atoms with Crippen molar-refractivity contribution in [1.82, 2.24) is 0 Å². The maximum Gasteiger partial charge on any atom is 0.0655 e. The first-order valence-electron chi connectivity index (χ1n) is 7.00. The predicted molar refractivity (Wildman–Crippen MR) is 68.9 cm³/mol. The summed E-state index contributed by atoms with van der Waals surface area (Å²) in [7, 11) is 0. The van der Waals surface area contributed by atoms with Crippen molar-refractivity contribution in [2.24, 2.45) is 23.2 Å². The number of nitrogens with zero attached hydrogens (tertiary/aromatic N) is 1. The van der Waals surface area contributed by atoms with E-state index in [-0.39, 0.29) is 0 Å². The van der Waals surface area contributed by atoms with E-state index >= 15 is 0 Å². The Hall–Kier alpha value is -0.510. The van der Waals surface area contributed by atoms with Crippen molar-refractivity contribution < 1.29 is 0 Å². The van der Waals surface area contributed by atoms with Crippen molar-refractivity contribution >= 4 is 0 Å². The third kappa shape index (κ3) is 2.42. The van der Waals surface area contributed by atoms with E-state index in [4.69, 9.17) is 5.26 Å². The number of hydrogen-bond acceptors (Lipinski definition) is 1. The SMILES string of the molecule is CCC(C)C1(C(C)CC)CCC(C#N)CC1. The number of rotatable bonds is 4. The zero-order valence-corrected chi connectivity index (χ0v) is 11.4. The van der Waals surface area contributed by atoms with Gasteiger partial charge in [-0.25, -0.2) is 0 Å². The lowest BCUT2D eigenvalue weighted by Gasteiger charge is -2.47. The minimum atomic E-state index is 0.334. The molecule has 1 nitrogen and oxygen atoms in total. The van der Waals surface area contributed by atoms with Gasteiger partial charge in [0.1, 0.15) is 0 Å². The summed E-state index contributed by atoms with van der Waals surface area (Å²) >= 11 is 0. The van der Waals surface area contributed by atoms with Crippen molar-refractivity contribution in [3.05, 3.63) is 0 Å². The molecule has 1 heteroatoms. The van der Waals surface area contributed by atoms with Crippen LogP contribution in [0.25, 0.3) is 0 Å². The summed E-state index contributed by atoms with van der Waals surface area (Å²) in [4.78, 5) is 0. The highest BCUT2D eigenvalue weighted by Crippen LogP contribution is 2.51. The van der Waals surface area contributed by atoms with Gasteiger partial charge in [0, 0.05) is 5.92 Å². The van der Waals surface area contributed by atoms with Crippen LogP contribution >= 0.6 is 0 Å². The van der Waals surface area contributed by atoms with Gasteiger partial charge in [-0.1, -0.05) is 40.5 Å². The Morgan fingerprint density at radius 3 is 1.88 bits per heavy atom. The quantitative estimate of drug-likeness (QED) is 0.670. The molecule has 16 heavy (non-hydrogen) atoms. The molecule has 0 heterocycles. The van der Waals surface area contributed by atoms with Crippen molar-refractivity contribution in [2.45, 2.75) is 66.2 Å². The van der Waals surface area contributed by atoms with Crippen molar-refractivity contribution in [1.29, 1.82) is 5.26 Å². The van der Waals surface area contributed by atoms with E-state index in [1.54, 1.807) is 0 Å². The lowest BCUT2D eigenvalue weighted by atomic mass is 9.57. The van der Waals surface area contributed by atoms with Gasteiger partial charge in [-0.15, -0.1) is 0 Å². The van der Waals surface area contributed by atoms with Gasteiger partial charge >= 0.3 is 0 Å². The van der Waals surface area contributed by atoms with Crippen LogP contribution in [0.1, 0.15) is 66.2 Å². The molecule has 0 N–H and O–H groups in total. The van der Waals surface area contributed by atoms with E-state index < -0.39 is 0 Å². The molecular formula is C15H27N. The Balaban J connectivity index is 2.79. The van der Waals surface area contributed by atoms with Crippen LogP contribution in [0.15, 0.2) is 0 Å². The van der Waals surface area contributed by atoms with Crippen LogP contribution in [-0.4, -0.2) is 0 Å². The molecule has 1 saturated carbocycles. The maximum absolute atomic E-state index is 9.00.